The molecule has 0 atom stereocenters. The summed E-state index contributed by atoms with van der Waals surface area (Å²) in [6, 6.07) is 7.87. The number of aromatic nitrogens is 2. The number of likely N-dealkylation sites (N-methyl/N-ethyl adjacent to an activating group) is 1. The summed E-state index contributed by atoms with van der Waals surface area (Å²) in [5.74, 6) is -0.692. The lowest BCUT2D eigenvalue weighted by atomic mass is 10.1. The molecule has 1 aliphatic rings. The van der Waals surface area contributed by atoms with Gasteiger partial charge in [-0.25, -0.2) is 14.0 Å². The van der Waals surface area contributed by atoms with Crippen molar-refractivity contribution in [3.05, 3.63) is 53.1 Å². The number of H-pyrrole nitrogens is 1. The van der Waals surface area contributed by atoms with Crippen molar-refractivity contribution in [3.63, 3.8) is 0 Å². The molecule has 0 saturated carbocycles. The van der Waals surface area contributed by atoms with E-state index in [1.165, 1.54) is 12.1 Å². The molecule has 2 amide bonds. The van der Waals surface area contributed by atoms with Crippen LogP contribution in [0.15, 0.2) is 41.6 Å². The third kappa shape index (κ3) is 5.66. The highest BCUT2D eigenvalue weighted by molar-refractivity contribution is 5.93. The zero-order chi connectivity index (χ0) is 21.5. The summed E-state index contributed by atoms with van der Waals surface area (Å²) < 4.78 is 18.1. The fourth-order valence-corrected chi connectivity index (χ4v) is 3.23. The van der Waals surface area contributed by atoms with Gasteiger partial charge in [0.15, 0.2) is 0 Å². The predicted molar refractivity (Wildman–Crippen MR) is 110 cm³/mol. The number of amides is 2. The van der Waals surface area contributed by atoms with Crippen molar-refractivity contribution in [3.8, 4) is 11.3 Å². The van der Waals surface area contributed by atoms with E-state index < -0.39 is 5.97 Å². The summed E-state index contributed by atoms with van der Waals surface area (Å²) in [4.78, 5) is 25.8. The molecule has 8 nitrogen and oxygen atoms in total. The SMILES string of the molecule is CCOC(=O)C1=C(CN(C)CCCc2cc(-c3ccc(F)cc3)n[nH]2)NC(=O)NC1. The molecule has 0 fully saturated rings. The Morgan fingerprint density at radius 3 is 2.80 bits per heavy atom. The molecule has 1 aromatic heterocycles. The zero-order valence-electron chi connectivity index (χ0n) is 17.1. The second-order valence-electron chi connectivity index (χ2n) is 7.11. The molecule has 2 aromatic rings. The number of carbonyl (C=O) groups is 2. The average molecular weight is 415 g/mol. The molecule has 0 saturated heterocycles. The monoisotopic (exact) mass is 415 g/mol. The molecule has 0 bridgehead atoms. The Hall–Kier alpha value is -3.20. The maximum atomic E-state index is 13.1. The van der Waals surface area contributed by atoms with Crippen LogP contribution in [0.2, 0.25) is 0 Å². The Bertz CT molecular complexity index is 923. The van der Waals surface area contributed by atoms with Crippen LogP contribution >= 0.6 is 0 Å². The molecular formula is C21H26FN5O3. The van der Waals surface area contributed by atoms with Gasteiger partial charge in [0.25, 0.3) is 0 Å². The van der Waals surface area contributed by atoms with Gasteiger partial charge in [-0.2, -0.15) is 5.10 Å². The number of hydrogen-bond acceptors (Lipinski definition) is 5. The van der Waals surface area contributed by atoms with Crippen molar-refractivity contribution in [2.45, 2.75) is 19.8 Å². The molecule has 0 spiro atoms. The lowest BCUT2D eigenvalue weighted by Gasteiger charge is -2.25. The standard InChI is InChI=1S/C21H26FN5O3/c1-3-30-20(28)17-12-23-21(29)24-19(17)13-27(2)10-4-5-16-11-18(26-25-16)14-6-8-15(22)9-7-14/h6-9,11H,3-5,10,12-13H2,1-2H3,(H,25,26)(H2,23,24,29). The number of ether oxygens (including phenoxy) is 1. The predicted octanol–water partition coefficient (Wildman–Crippen LogP) is 2.21. The van der Waals surface area contributed by atoms with Gasteiger partial charge in [0, 0.05) is 23.5 Å². The van der Waals surface area contributed by atoms with E-state index in [2.05, 4.69) is 20.8 Å². The molecule has 160 valence electrons. The van der Waals surface area contributed by atoms with Crippen molar-refractivity contribution >= 4 is 12.0 Å². The van der Waals surface area contributed by atoms with Crippen LogP contribution in [-0.4, -0.2) is 60.4 Å². The summed E-state index contributed by atoms with van der Waals surface area (Å²) in [6.45, 7) is 3.38. The second-order valence-corrected chi connectivity index (χ2v) is 7.11. The van der Waals surface area contributed by atoms with Gasteiger partial charge in [-0.15, -0.1) is 0 Å². The van der Waals surface area contributed by atoms with E-state index in [1.54, 1.807) is 19.1 Å². The topological polar surface area (TPSA) is 99.3 Å². The molecular weight excluding hydrogens is 389 g/mol. The Labute approximate surface area is 174 Å². The summed E-state index contributed by atoms with van der Waals surface area (Å²) in [5.41, 5.74) is 3.64. The van der Waals surface area contributed by atoms with Crippen LogP contribution in [0.4, 0.5) is 9.18 Å². The van der Waals surface area contributed by atoms with Crippen LogP contribution in [0.1, 0.15) is 19.0 Å². The fourth-order valence-electron chi connectivity index (χ4n) is 3.23. The number of urea groups is 1. The van der Waals surface area contributed by atoms with E-state index in [9.17, 15) is 14.0 Å². The number of halogens is 1. The number of nitrogens with one attached hydrogen (secondary N) is 3. The van der Waals surface area contributed by atoms with Crippen LogP contribution in [0, 0.1) is 5.82 Å². The van der Waals surface area contributed by atoms with Gasteiger partial charge in [0.05, 0.1) is 24.4 Å². The normalized spacial score (nSPS) is 13.9. The largest absolute Gasteiger partial charge is 0.463 e. The highest BCUT2D eigenvalue weighted by Crippen LogP contribution is 2.18. The Kier molecular flexibility index (Phi) is 7.18. The van der Waals surface area contributed by atoms with Crippen LogP contribution in [-0.2, 0) is 16.0 Å². The van der Waals surface area contributed by atoms with Gasteiger partial charge >= 0.3 is 12.0 Å². The number of esters is 1. The number of aromatic amines is 1. The second kappa shape index (κ2) is 10.0. The van der Waals surface area contributed by atoms with Crippen molar-refractivity contribution in [1.82, 2.24) is 25.7 Å². The Morgan fingerprint density at radius 2 is 2.07 bits per heavy atom. The minimum Gasteiger partial charge on any atom is -0.463 e. The van der Waals surface area contributed by atoms with Crippen molar-refractivity contribution in [1.29, 1.82) is 0 Å². The maximum absolute atomic E-state index is 13.1. The maximum Gasteiger partial charge on any atom is 0.337 e. The highest BCUT2D eigenvalue weighted by atomic mass is 19.1. The minimum atomic E-state index is -0.417. The average Bonchev–Trinajstić information content (AvgIpc) is 3.17. The summed E-state index contributed by atoms with van der Waals surface area (Å²) in [7, 11) is 1.93. The van der Waals surface area contributed by atoms with E-state index in [-0.39, 0.29) is 25.0 Å². The lowest BCUT2D eigenvalue weighted by Crippen LogP contribution is -2.46. The molecule has 0 radical (unpaired) electrons. The molecule has 0 unspecified atom stereocenters. The van der Waals surface area contributed by atoms with E-state index in [1.807, 2.05) is 18.0 Å². The quantitative estimate of drug-likeness (QED) is 0.546. The van der Waals surface area contributed by atoms with Gasteiger partial charge in [0.2, 0.25) is 0 Å². The number of hydrogen-bond donors (Lipinski definition) is 3. The molecule has 30 heavy (non-hydrogen) atoms. The molecule has 3 N–H and O–H groups in total. The van der Waals surface area contributed by atoms with Gasteiger partial charge in [0.1, 0.15) is 5.82 Å². The molecule has 1 aromatic carbocycles. The van der Waals surface area contributed by atoms with Crippen LogP contribution in [0.3, 0.4) is 0 Å². The third-order valence-electron chi connectivity index (χ3n) is 4.76. The first kappa shape index (κ1) is 21.5. The molecule has 3 rings (SSSR count). The third-order valence-corrected chi connectivity index (χ3v) is 4.76. The first-order valence-electron chi connectivity index (χ1n) is 9.89. The van der Waals surface area contributed by atoms with Crippen LogP contribution in [0.5, 0.6) is 0 Å². The van der Waals surface area contributed by atoms with Crippen molar-refractivity contribution in [2.75, 3.05) is 33.3 Å². The highest BCUT2D eigenvalue weighted by Gasteiger charge is 2.24. The zero-order valence-corrected chi connectivity index (χ0v) is 17.1. The number of benzene rings is 1. The van der Waals surface area contributed by atoms with E-state index in [0.29, 0.717) is 17.8 Å². The fraction of sp³-hybridized carbons (Fsp3) is 0.381. The van der Waals surface area contributed by atoms with Gasteiger partial charge in [-0.3, -0.25) is 5.10 Å². The number of carbonyl (C=O) groups excluding carboxylic acids is 2. The summed E-state index contributed by atoms with van der Waals surface area (Å²) in [5, 5.41) is 12.6. The van der Waals surface area contributed by atoms with E-state index >= 15 is 0 Å². The number of nitrogens with zero attached hydrogens (tertiary/aromatic N) is 2. The molecule has 1 aliphatic heterocycles. The van der Waals surface area contributed by atoms with Crippen molar-refractivity contribution in [2.24, 2.45) is 0 Å². The lowest BCUT2D eigenvalue weighted by molar-refractivity contribution is -0.138. The minimum absolute atomic E-state index is 0.161. The van der Waals surface area contributed by atoms with Crippen molar-refractivity contribution < 1.29 is 18.7 Å². The first-order chi connectivity index (χ1) is 14.5. The smallest absolute Gasteiger partial charge is 0.337 e. The van der Waals surface area contributed by atoms with Gasteiger partial charge < -0.3 is 20.3 Å². The van der Waals surface area contributed by atoms with Crippen LogP contribution in [0.25, 0.3) is 11.3 Å². The summed E-state index contributed by atoms with van der Waals surface area (Å²) >= 11 is 0. The van der Waals surface area contributed by atoms with Crippen LogP contribution < -0.4 is 10.6 Å². The number of rotatable bonds is 9. The molecule has 0 aliphatic carbocycles. The Balaban J connectivity index is 1.53. The van der Waals surface area contributed by atoms with Gasteiger partial charge in [-0.05, 0) is 63.7 Å². The molecule has 9 heteroatoms. The van der Waals surface area contributed by atoms with E-state index in [0.717, 1.165) is 36.3 Å². The van der Waals surface area contributed by atoms with E-state index in [4.69, 9.17) is 4.74 Å². The number of aryl methyl sites for hydroxylation is 1. The Morgan fingerprint density at radius 1 is 1.30 bits per heavy atom. The summed E-state index contributed by atoms with van der Waals surface area (Å²) in [6.07, 6.45) is 1.64. The van der Waals surface area contributed by atoms with Gasteiger partial charge in [-0.1, -0.05) is 0 Å². The first-order valence-corrected chi connectivity index (χ1v) is 9.89. The molecule has 2 heterocycles.